The van der Waals surface area contributed by atoms with Crippen LogP contribution < -0.4 is 10.1 Å². The second-order valence-corrected chi connectivity index (χ2v) is 6.28. The van der Waals surface area contributed by atoms with E-state index in [0.29, 0.717) is 5.16 Å². The number of aromatic nitrogens is 2. The molecule has 0 bridgehead atoms. The maximum Gasteiger partial charge on any atom is 0.387 e. The number of carbonyl (C=O) groups excluding carboxylic acids is 1. The van der Waals surface area contributed by atoms with Gasteiger partial charge in [-0.25, -0.2) is 9.97 Å². The zero-order valence-electron chi connectivity index (χ0n) is 13.1. The van der Waals surface area contributed by atoms with Gasteiger partial charge < -0.3 is 10.1 Å². The van der Waals surface area contributed by atoms with Crippen molar-refractivity contribution in [3.05, 3.63) is 48.3 Å². The number of alkyl halides is 2. The first-order valence-electron chi connectivity index (χ1n) is 7.24. The molecule has 1 amide bonds. The van der Waals surface area contributed by atoms with E-state index in [1.54, 1.807) is 37.5 Å². The molecule has 1 heterocycles. The molecule has 1 aromatic heterocycles. The van der Waals surface area contributed by atoms with Crippen molar-refractivity contribution in [3.8, 4) is 5.75 Å². The van der Waals surface area contributed by atoms with Crippen molar-refractivity contribution in [2.75, 3.05) is 0 Å². The quantitative estimate of drug-likeness (QED) is 0.610. The lowest BCUT2D eigenvalue weighted by Crippen LogP contribution is -2.33. The predicted octanol–water partition coefficient (Wildman–Crippen LogP) is 3.44. The Kier molecular flexibility index (Phi) is 6.48. The summed E-state index contributed by atoms with van der Waals surface area (Å²) in [5.74, 6) is -0.0784. The van der Waals surface area contributed by atoms with Gasteiger partial charge in [0.2, 0.25) is 5.91 Å². The number of ether oxygens (including phenoxy) is 1. The van der Waals surface area contributed by atoms with Crippen molar-refractivity contribution in [2.45, 2.75) is 36.9 Å². The molecule has 0 aliphatic carbocycles. The van der Waals surface area contributed by atoms with Crippen molar-refractivity contribution >= 4 is 17.7 Å². The van der Waals surface area contributed by atoms with Gasteiger partial charge in [0.1, 0.15) is 5.75 Å². The molecule has 2 rings (SSSR count). The van der Waals surface area contributed by atoms with Crippen LogP contribution in [0.15, 0.2) is 47.9 Å². The third kappa shape index (κ3) is 5.45. The van der Waals surface area contributed by atoms with Crippen molar-refractivity contribution in [1.29, 1.82) is 0 Å². The highest BCUT2D eigenvalue weighted by atomic mass is 32.2. The van der Waals surface area contributed by atoms with Gasteiger partial charge in [-0.3, -0.25) is 4.79 Å². The van der Waals surface area contributed by atoms with Crippen LogP contribution in [-0.4, -0.2) is 27.7 Å². The maximum absolute atomic E-state index is 12.2. The SMILES string of the molecule is C[C@@H](Sc1ncccn1)C(=O)N[C@H](C)c1ccc(OC(F)F)cc1. The molecule has 0 spiro atoms. The molecule has 24 heavy (non-hydrogen) atoms. The second-order valence-electron chi connectivity index (χ2n) is 4.97. The highest BCUT2D eigenvalue weighted by Gasteiger charge is 2.18. The van der Waals surface area contributed by atoms with Crippen molar-refractivity contribution in [2.24, 2.45) is 0 Å². The summed E-state index contributed by atoms with van der Waals surface area (Å²) in [4.78, 5) is 20.4. The molecular formula is C16H17F2N3O2S. The Bertz CT molecular complexity index is 656. The van der Waals surface area contributed by atoms with E-state index in [1.165, 1.54) is 23.9 Å². The Labute approximate surface area is 142 Å². The van der Waals surface area contributed by atoms with Crippen LogP contribution in [0.2, 0.25) is 0 Å². The molecule has 1 aromatic carbocycles. The number of benzene rings is 1. The van der Waals surface area contributed by atoms with Crippen LogP contribution in [0.25, 0.3) is 0 Å². The molecule has 2 aromatic rings. The van der Waals surface area contributed by atoms with Crippen LogP contribution in [0.1, 0.15) is 25.5 Å². The topological polar surface area (TPSA) is 64.1 Å². The minimum atomic E-state index is -2.86. The third-order valence-corrected chi connectivity index (χ3v) is 4.15. The number of carbonyl (C=O) groups is 1. The molecule has 0 radical (unpaired) electrons. The third-order valence-electron chi connectivity index (χ3n) is 3.16. The van der Waals surface area contributed by atoms with Gasteiger partial charge in [0.15, 0.2) is 5.16 Å². The molecule has 128 valence electrons. The number of hydrogen-bond acceptors (Lipinski definition) is 5. The summed E-state index contributed by atoms with van der Waals surface area (Å²) in [7, 11) is 0. The van der Waals surface area contributed by atoms with Crippen molar-refractivity contribution in [3.63, 3.8) is 0 Å². The number of halogens is 2. The average Bonchev–Trinajstić information content (AvgIpc) is 2.55. The lowest BCUT2D eigenvalue weighted by molar-refractivity contribution is -0.120. The lowest BCUT2D eigenvalue weighted by atomic mass is 10.1. The van der Waals surface area contributed by atoms with Crippen LogP contribution >= 0.6 is 11.8 Å². The van der Waals surface area contributed by atoms with Crippen LogP contribution in [0, 0.1) is 0 Å². The zero-order valence-corrected chi connectivity index (χ0v) is 14.0. The highest BCUT2D eigenvalue weighted by Crippen LogP contribution is 2.22. The minimum Gasteiger partial charge on any atom is -0.435 e. The van der Waals surface area contributed by atoms with E-state index in [-0.39, 0.29) is 22.9 Å². The molecule has 0 fully saturated rings. The molecule has 0 saturated carbocycles. The van der Waals surface area contributed by atoms with Gasteiger partial charge in [-0.15, -0.1) is 0 Å². The van der Waals surface area contributed by atoms with E-state index >= 15 is 0 Å². The summed E-state index contributed by atoms with van der Waals surface area (Å²) in [5, 5.41) is 3.04. The van der Waals surface area contributed by atoms with Gasteiger partial charge >= 0.3 is 6.61 Å². The molecule has 2 atom stereocenters. The van der Waals surface area contributed by atoms with Gasteiger partial charge in [-0.1, -0.05) is 23.9 Å². The summed E-state index contributed by atoms with van der Waals surface area (Å²) in [6.45, 7) is 0.728. The summed E-state index contributed by atoms with van der Waals surface area (Å²) < 4.78 is 28.6. The average molecular weight is 353 g/mol. The zero-order chi connectivity index (χ0) is 17.5. The number of nitrogens with zero attached hydrogens (tertiary/aromatic N) is 2. The first-order valence-corrected chi connectivity index (χ1v) is 8.12. The largest absolute Gasteiger partial charge is 0.435 e. The Hall–Kier alpha value is -2.22. The summed E-state index contributed by atoms with van der Waals surface area (Å²) in [6, 6.07) is 7.61. The van der Waals surface area contributed by atoms with E-state index in [2.05, 4.69) is 20.0 Å². The molecule has 5 nitrogen and oxygen atoms in total. The van der Waals surface area contributed by atoms with Crippen molar-refractivity contribution < 1.29 is 18.3 Å². The number of nitrogens with one attached hydrogen (secondary N) is 1. The van der Waals surface area contributed by atoms with E-state index in [0.717, 1.165) is 5.56 Å². The smallest absolute Gasteiger partial charge is 0.387 e. The van der Waals surface area contributed by atoms with Crippen molar-refractivity contribution in [1.82, 2.24) is 15.3 Å². The Balaban J connectivity index is 1.90. The number of hydrogen-bond donors (Lipinski definition) is 1. The Morgan fingerprint density at radius 3 is 2.38 bits per heavy atom. The monoisotopic (exact) mass is 353 g/mol. The normalized spacial score (nSPS) is 13.4. The Morgan fingerprint density at radius 2 is 1.79 bits per heavy atom. The standard InChI is InChI=1S/C16H17F2N3O2S/c1-10(12-4-6-13(7-5-12)23-15(17)18)21-14(22)11(2)24-16-19-8-3-9-20-16/h3-11,15H,1-2H3,(H,21,22)/t10-,11-/m1/s1. The number of thioether (sulfide) groups is 1. The predicted molar refractivity (Wildman–Crippen MR) is 87.0 cm³/mol. The van der Waals surface area contributed by atoms with Gasteiger partial charge in [-0.05, 0) is 37.6 Å². The second kappa shape index (κ2) is 8.58. The molecular weight excluding hydrogens is 336 g/mol. The lowest BCUT2D eigenvalue weighted by Gasteiger charge is -2.17. The minimum absolute atomic E-state index is 0.0810. The Morgan fingerprint density at radius 1 is 1.17 bits per heavy atom. The van der Waals surface area contributed by atoms with Crippen LogP contribution in [0.4, 0.5) is 8.78 Å². The van der Waals surface area contributed by atoms with E-state index in [1.807, 2.05) is 6.92 Å². The van der Waals surface area contributed by atoms with Crippen LogP contribution in [0.5, 0.6) is 5.75 Å². The summed E-state index contributed by atoms with van der Waals surface area (Å²) in [6.07, 6.45) is 3.23. The van der Waals surface area contributed by atoms with E-state index < -0.39 is 6.61 Å². The summed E-state index contributed by atoms with van der Waals surface area (Å²) in [5.41, 5.74) is 0.790. The van der Waals surface area contributed by atoms with Gasteiger partial charge in [-0.2, -0.15) is 8.78 Å². The molecule has 1 N–H and O–H groups in total. The van der Waals surface area contributed by atoms with E-state index in [4.69, 9.17) is 0 Å². The fraction of sp³-hybridized carbons (Fsp3) is 0.312. The first kappa shape index (κ1) is 18.1. The fourth-order valence-corrected chi connectivity index (χ4v) is 2.64. The first-order chi connectivity index (χ1) is 11.5. The molecule has 0 aliphatic rings. The number of rotatable bonds is 7. The summed E-state index contributed by atoms with van der Waals surface area (Å²) >= 11 is 1.26. The molecule has 0 saturated heterocycles. The van der Waals surface area contributed by atoms with E-state index in [9.17, 15) is 13.6 Å². The fourth-order valence-electron chi connectivity index (χ4n) is 1.91. The molecule has 8 heteroatoms. The highest BCUT2D eigenvalue weighted by molar-refractivity contribution is 8.00. The molecule has 0 aliphatic heterocycles. The number of amides is 1. The van der Waals surface area contributed by atoms with Gasteiger partial charge in [0.05, 0.1) is 11.3 Å². The molecule has 0 unspecified atom stereocenters. The maximum atomic E-state index is 12.2. The van der Waals surface area contributed by atoms with Gasteiger partial charge in [0, 0.05) is 12.4 Å². The van der Waals surface area contributed by atoms with Crippen LogP contribution in [0.3, 0.4) is 0 Å². The van der Waals surface area contributed by atoms with Crippen LogP contribution in [-0.2, 0) is 4.79 Å². The van der Waals surface area contributed by atoms with Gasteiger partial charge in [0.25, 0.3) is 0 Å².